The van der Waals surface area contributed by atoms with Crippen molar-refractivity contribution in [3.8, 4) is 5.75 Å². The molecule has 0 radical (unpaired) electrons. The molecule has 3 N–H and O–H groups in total. The van der Waals surface area contributed by atoms with Crippen molar-refractivity contribution in [1.29, 1.82) is 0 Å². The van der Waals surface area contributed by atoms with E-state index in [2.05, 4.69) is 27.7 Å². The van der Waals surface area contributed by atoms with Gasteiger partial charge in [0.1, 0.15) is 5.75 Å². The van der Waals surface area contributed by atoms with E-state index in [9.17, 15) is 4.79 Å². The summed E-state index contributed by atoms with van der Waals surface area (Å²) in [6.07, 6.45) is -0.0681. The third kappa shape index (κ3) is 3.73. The molecule has 0 aliphatic rings. The van der Waals surface area contributed by atoms with Crippen LogP contribution in [0.25, 0.3) is 0 Å². The molecule has 1 aromatic carbocycles. The van der Waals surface area contributed by atoms with Gasteiger partial charge in [-0.25, -0.2) is 0 Å². The van der Waals surface area contributed by atoms with E-state index in [1.54, 1.807) is 7.11 Å². The van der Waals surface area contributed by atoms with Crippen LogP contribution in [-0.4, -0.2) is 18.2 Å². The molecule has 0 aromatic heterocycles. The largest absolute Gasteiger partial charge is 0.496 e. The summed E-state index contributed by atoms with van der Waals surface area (Å²) in [4.78, 5) is 10.8. The number of carboxylic acid groups (broad SMARTS) is 1. The molecule has 1 rings (SSSR count). The Kier molecular flexibility index (Phi) is 5.57. The van der Waals surface area contributed by atoms with Crippen molar-refractivity contribution in [3.63, 3.8) is 0 Å². The zero-order valence-corrected chi connectivity index (χ0v) is 12.9. The maximum atomic E-state index is 10.8. The molecule has 0 aliphatic heterocycles. The number of aliphatic carboxylic acids is 1. The normalized spacial score (nSPS) is 12.8. The van der Waals surface area contributed by atoms with Crippen LogP contribution in [0, 0.1) is 0 Å². The van der Waals surface area contributed by atoms with Crippen LogP contribution in [0.2, 0.25) is 0 Å². The number of methoxy groups -OCH3 is 1. The Hall–Kier alpha value is -1.55. The highest BCUT2D eigenvalue weighted by atomic mass is 16.5. The minimum atomic E-state index is -0.884. The summed E-state index contributed by atoms with van der Waals surface area (Å²) in [6.45, 7) is 8.37. The molecule has 0 bridgehead atoms. The number of carbonyl (C=O) groups is 1. The fourth-order valence-corrected chi connectivity index (χ4v) is 2.31. The van der Waals surface area contributed by atoms with Gasteiger partial charge in [-0.1, -0.05) is 39.8 Å². The number of ether oxygens (including phenoxy) is 1. The van der Waals surface area contributed by atoms with Gasteiger partial charge in [0.05, 0.1) is 13.5 Å². The summed E-state index contributed by atoms with van der Waals surface area (Å²) < 4.78 is 5.56. The van der Waals surface area contributed by atoms with Crippen LogP contribution in [0.3, 0.4) is 0 Å². The van der Waals surface area contributed by atoms with E-state index in [4.69, 9.17) is 15.6 Å². The minimum absolute atomic E-state index is 0.0681. The Morgan fingerprint density at radius 1 is 1.20 bits per heavy atom. The first-order chi connectivity index (χ1) is 9.27. The summed E-state index contributed by atoms with van der Waals surface area (Å²) >= 11 is 0. The molecule has 0 amide bonds. The predicted octanol–water partition coefficient (Wildman–Crippen LogP) is 3.42. The third-order valence-corrected chi connectivity index (χ3v) is 3.44. The zero-order chi connectivity index (χ0) is 15.4. The number of rotatable bonds is 6. The van der Waals surface area contributed by atoms with E-state index >= 15 is 0 Å². The molecular formula is C16H25NO3. The second-order valence-electron chi connectivity index (χ2n) is 5.75. The topological polar surface area (TPSA) is 72.5 Å². The maximum absolute atomic E-state index is 10.8. The second kappa shape index (κ2) is 6.75. The highest BCUT2D eigenvalue weighted by Crippen LogP contribution is 2.37. The number of hydrogen-bond donors (Lipinski definition) is 2. The van der Waals surface area contributed by atoms with Crippen LogP contribution in [0.15, 0.2) is 12.1 Å². The maximum Gasteiger partial charge on any atom is 0.305 e. The monoisotopic (exact) mass is 279 g/mol. The highest BCUT2D eigenvalue weighted by Gasteiger charge is 2.20. The van der Waals surface area contributed by atoms with E-state index < -0.39 is 12.0 Å². The Morgan fingerprint density at radius 2 is 1.65 bits per heavy atom. The highest BCUT2D eigenvalue weighted by molar-refractivity contribution is 5.68. The molecule has 4 heteroatoms. The quantitative estimate of drug-likeness (QED) is 0.837. The molecule has 20 heavy (non-hydrogen) atoms. The van der Waals surface area contributed by atoms with E-state index in [1.165, 1.54) is 0 Å². The van der Waals surface area contributed by atoms with Gasteiger partial charge < -0.3 is 15.6 Å². The summed E-state index contributed by atoms with van der Waals surface area (Å²) in [5, 5.41) is 8.90. The van der Waals surface area contributed by atoms with E-state index in [-0.39, 0.29) is 6.42 Å². The summed E-state index contributed by atoms with van der Waals surface area (Å²) in [5.74, 6) is 0.589. The molecule has 0 saturated heterocycles. The number of hydrogen-bond acceptors (Lipinski definition) is 3. The lowest BCUT2D eigenvalue weighted by molar-refractivity contribution is -0.137. The molecule has 1 atom stereocenters. The molecule has 1 aromatic rings. The third-order valence-electron chi connectivity index (χ3n) is 3.44. The first-order valence-corrected chi connectivity index (χ1v) is 6.97. The van der Waals surface area contributed by atoms with E-state index in [0.29, 0.717) is 11.8 Å². The predicted molar refractivity (Wildman–Crippen MR) is 80.4 cm³/mol. The molecule has 0 aliphatic carbocycles. The lowest BCUT2D eigenvalue weighted by Gasteiger charge is -2.22. The number of nitrogens with two attached hydrogens (primary N) is 1. The van der Waals surface area contributed by atoms with Gasteiger partial charge >= 0.3 is 5.97 Å². The van der Waals surface area contributed by atoms with Crippen molar-refractivity contribution < 1.29 is 14.6 Å². The summed E-state index contributed by atoms with van der Waals surface area (Å²) in [5.41, 5.74) is 9.02. The molecule has 0 spiro atoms. The van der Waals surface area contributed by atoms with Crippen LogP contribution in [0.1, 0.15) is 68.7 Å². The van der Waals surface area contributed by atoms with Crippen molar-refractivity contribution in [1.82, 2.24) is 0 Å². The van der Waals surface area contributed by atoms with E-state index in [0.717, 1.165) is 22.4 Å². The van der Waals surface area contributed by atoms with Crippen LogP contribution >= 0.6 is 0 Å². The minimum Gasteiger partial charge on any atom is -0.496 e. The Balaban J connectivity index is 3.37. The van der Waals surface area contributed by atoms with E-state index in [1.807, 2.05) is 12.1 Å². The molecular weight excluding hydrogens is 254 g/mol. The molecule has 4 nitrogen and oxygen atoms in total. The van der Waals surface area contributed by atoms with Crippen LogP contribution < -0.4 is 10.5 Å². The Bertz CT molecular complexity index is 452. The first kappa shape index (κ1) is 16.5. The molecule has 0 saturated carbocycles. The van der Waals surface area contributed by atoms with Crippen LogP contribution in [0.5, 0.6) is 5.75 Å². The van der Waals surface area contributed by atoms with Gasteiger partial charge in [0.25, 0.3) is 0 Å². The Morgan fingerprint density at radius 3 is 1.95 bits per heavy atom. The number of benzene rings is 1. The second-order valence-corrected chi connectivity index (χ2v) is 5.75. The van der Waals surface area contributed by atoms with Gasteiger partial charge in [-0.2, -0.15) is 0 Å². The van der Waals surface area contributed by atoms with Crippen molar-refractivity contribution in [3.05, 3.63) is 28.8 Å². The smallest absolute Gasteiger partial charge is 0.305 e. The first-order valence-electron chi connectivity index (χ1n) is 6.97. The molecule has 0 heterocycles. The lowest BCUT2D eigenvalue weighted by Crippen LogP contribution is -2.16. The Labute approximate surface area is 120 Å². The zero-order valence-electron chi connectivity index (χ0n) is 12.9. The van der Waals surface area contributed by atoms with Gasteiger partial charge in [0.15, 0.2) is 0 Å². The molecule has 112 valence electrons. The number of carboxylic acids is 1. The van der Waals surface area contributed by atoms with Crippen LogP contribution in [-0.2, 0) is 4.79 Å². The standard InChI is InChI=1S/C16H25NO3/c1-9(2)12-6-11(14(17)8-15(18)19)7-13(10(3)4)16(12)20-5/h6-7,9-10,14H,8,17H2,1-5H3,(H,18,19). The van der Waals surface area contributed by atoms with Crippen molar-refractivity contribution in [2.45, 2.75) is 52.0 Å². The molecule has 0 fully saturated rings. The van der Waals surface area contributed by atoms with Crippen LogP contribution in [0.4, 0.5) is 0 Å². The fraction of sp³-hybridized carbons (Fsp3) is 0.562. The van der Waals surface area contributed by atoms with Gasteiger partial charge in [0, 0.05) is 6.04 Å². The average Bonchev–Trinajstić information content (AvgIpc) is 2.35. The summed E-state index contributed by atoms with van der Waals surface area (Å²) in [7, 11) is 1.67. The van der Waals surface area contributed by atoms with Crippen molar-refractivity contribution in [2.75, 3.05) is 7.11 Å². The van der Waals surface area contributed by atoms with Gasteiger partial charge in [-0.05, 0) is 28.5 Å². The SMILES string of the molecule is COc1c(C(C)C)cc(C(N)CC(=O)O)cc1C(C)C. The van der Waals surface area contributed by atoms with Gasteiger partial charge in [0.2, 0.25) is 0 Å². The summed E-state index contributed by atoms with van der Waals surface area (Å²) in [6, 6.07) is 3.46. The fourth-order valence-electron chi connectivity index (χ4n) is 2.31. The van der Waals surface area contributed by atoms with Crippen molar-refractivity contribution in [2.24, 2.45) is 5.73 Å². The lowest BCUT2D eigenvalue weighted by atomic mass is 9.89. The van der Waals surface area contributed by atoms with Crippen molar-refractivity contribution >= 4 is 5.97 Å². The molecule has 1 unspecified atom stereocenters. The van der Waals surface area contributed by atoms with Gasteiger partial charge in [-0.15, -0.1) is 0 Å². The average molecular weight is 279 g/mol. The van der Waals surface area contributed by atoms with Gasteiger partial charge in [-0.3, -0.25) is 4.79 Å².